The third-order valence-electron chi connectivity index (χ3n) is 5.09. The second-order valence-corrected chi connectivity index (χ2v) is 6.70. The summed E-state index contributed by atoms with van der Waals surface area (Å²) in [6.45, 7) is 3.38. The lowest BCUT2D eigenvalue weighted by Crippen LogP contribution is -2.48. The number of amides is 1. The van der Waals surface area contributed by atoms with Crippen LogP contribution < -0.4 is 4.74 Å². The van der Waals surface area contributed by atoms with E-state index in [0.717, 1.165) is 35.2 Å². The Balaban J connectivity index is 1.49. The van der Waals surface area contributed by atoms with Gasteiger partial charge in [-0.1, -0.05) is 12.1 Å². The third-order valence-corrected chi connectivity index (χ3v) is 5.09. The van der Waals surface area contributed by atoms with Crippen LogP contribution >= 0.6 is 0 Å². The summed E-state index contributed by atoms with van der Waals surface area (Å²) in [5.74, 6) is 1.35. The minimum Gasteiger partial charge on any atom is -0.508 e. The first-order chi connectivity index (χ1) is 13.2. The fraction of sp³-hybridized carbons (Fsp3) is 0.286. The van der Waals surface area contributed by atoms with Crippen LogP contribution in [-0.4, -0.2) is 54.1 Å². The van der Waals surface area contributed by atoms with Crippen LogP contribution in [0.25, 0.3) is 10.8 Å². The fourth-order valence-electron chi connectivity index (χ4n) is 3.53. The largest absolute Gasteiger partial charge is 0.508 e. The second-order valence-electron chi connectivity index (χ2n) is 6.70. The highest BCUT2D eigenvalue weighted by Crippen LogP contribution is 2.31. The zero-order chi connectivity index (χ0) is 18.8. The summed E-state index contributed by atoms with van der Waals surface area (Å²) in [7, 11) is 1.64. The molecule has 0 bridgehead atoms. The summed E-state index contributed by atoms with van der Waals surface area (Å²) < 4.78 is 10.5. The van der Waals surface area contributed by atoms with E-state index in [-0.39, 0.29) is 11.7 Å². The van der Waals surface area contributed by atoms with E-state index in [1.54, 1.807) is 30.2 Å². The third kappa shape index (κ3) is 3.48. The number of nitrogens with zero attached hydrogens (tertiary/aromatic N) is 2. The molecule has 1 saturated heterocycles. The molecule has 1 amide bonds. The average molecular weight is 366 g/mol. The van der Waals surface area contributed by atoms with Gasteiger partial charge < -0.3 is 19.2 Å². The molecule has 27 heavy (non-hydrogen) atoms. The molecule has 0 aliphatic carbocycles. The molecule has 0 radical (unpaired) electrons. The maximum Gasteiger partial charge on any atom is 0.289 e. The van der Waals surface area contributed by atoms with Crippen molar-refractivity contribution in [2.75, 3.05) is 33.3 Å². The van der Waals surface area contributed by atoms with E-state index >= 15 is 0 Å². The van der Waals surface area contributed by atoms with Gasteiger partial charge in [-0.2, -0.15) is 0 Å². The van der Waals surface area contributed by atoms with Crippen LogP contribution in [0.15, 0.2) is 53.1 Å². The molecular formula is C21H22N2O4. The SMILES string of the molecule is COc1ccc2ccc(O)c(CN3CCN(C(=O)c4ccco4)CC3)c2c1. The number of aromatic hydroxyl groups is 1. The van der Waals surface area contributed by atoms with Gasteiger partial charge in [-0.05, 0) is 41.1 Å². The quantitative estimate of drug-likeness (QED) is 0.769. The van der Waals surface area contributed by atoms with Crippen LogP contribution in [0.1, 0.15) is 16.1 Å². The smallest absolute Gasteiger partial charge is 0.289 e. The number of fused-ring (bicyclic) bond motifs is 1. The number of rotatable bonds is 4. The topological polar surface area (TPSA) is 66.2 Å². The summed E-state index contributed by atoms with van der Waals surface area (Å²) in [5, 5.41) is 12.5. The lowest BCUT2D eigenvalue weighted by molar-refractivity contribution is 0.0597. The molecule has 4 rings (SSSR count). The highest BCUT2D eigenvalue weighted by Gasteiger charge is 2.24. The number of phenols is 1. The molecule has 1 aliphatic rings. The van der Waals surface area contributed by atoms with E-state index in [0.29, 0.717) is 25.4 Å². The van der Waals surface area contributed by atoms with Crippen LogP contribution in [0, 0.1) is 0 Å². The standard InChI is InChI=1S/C21H22N2O4/c1-26-16-6-4-15-5-7-19(24)18(17(15)13-16)14-22-8-10-23(11-9-22)21(25)20-3-2-12-27-20/h2-7,12-13,24H,8-11,14H2,1H3. The Kier molecular flexibility index (Phi) is 4.73. The van der Waals surface area contributed by atoms with Crippen LogP contribution in [0.5, 0.6) is 11.5 Å². The van der Waals surface area contributed by atoms with Gasteiger partial charge in [0, 0.05) is 38.3 Å². The Bertz CT molecular complexity index is 944. The number of methoxy groups -OCH3 is 1. The molecule has 0 saturated carbocycles. The maximum absolute atomic E-state index is 12.4. The Morgan fingerprint density at radius 3 is 2.63 bits per heavy atom. The lowest BCUT2D eigenvalue weighted by Gasteiger charge is -2.34. The summed E-state index contributed by atoms with van der Waals surface area (Å²) in [5.41, 5.74) is 0.886. The summed E-state index contributed by atoms with van der Waals surface area (Å²) >= 11 is 0. The molecule has 1 fully saturated rings. The van der Waals surface area contributed by atoms with E-state index in [2.05, 4.69) is 4.90 Å². The molecule has 6 nitrogen and oxygen atoms in total. The highest BCUT2D eigenvalue weighted by atomic mass is 16.5. The Morgan fingerprint density at radius 1 is 1.15 bits per heavy atom. The van der Waals surface area contributed by atoms with Gasteiger partial charge in [-0.15, -0.1) is 0 Å². The van der Waals surface area contributed by atoms with Crippen molar-refractivity contribution in [2.24, 2.45) is 0 Å². The highest BCUT2D eigenvalue weighted by molar-refractivity contribution is 5.91. The Morgan fingerprint density at radius 2 is 1.93 bits per heavy atom. The number of benzene rings is 2. The molecular weight excluding hydrogens is 344 g/mol. The number of carbonyl (C=O) groups excluding carboxylic acids is 1. The summed E-state index contributed by atoms with van der Waals surface area (Å²) in [6.07, 6.45) is 1.51. The van der Waals surface area contributed by atoms with E-state index in [4.69, 9.17) is 9.15 Å². The van der Waals surface area contributed by atoms with Gasteiger partial charge in [0.1, 0.15) is 11.5 Å². The summed E-state index contributed by atoms with van der Waals surface area (Å²) in [4.78, 5) is 16.4. The van der Waals surface area contributed by atoms with Crippen molar-refractivity contribution in [2.45, 2.75) is 6.54 Å². The monoisotopic (exact) mass is 366 g/mol. The zero-order valence-electron chi connectivity index (χ0n) is 15.2. The van der Waals surface area contributed by atoms with E-state index in [1.165, 1.54) is 6.26 Å². The fourth-order valence-corrected chi connectivity index (χ4v) is 3.53. The number of furan rings is 1. The molecule has 3 aromatic rings. The van der Waals surface area contributed by atoms with Crippen LogP contribution in [-0.2, 0) is 6.54 Å². The first kappa shape index (κ1) is 17.4. The first-order valence-electron chi connectivity index (χ1n) is 8.99. The predicted molar refractivity (Wildman–Crippen MR) is 102 cm³/mol. The van der Waals surface area contributed by atoms with Gasteiger partial charge >= 0.3 is 0 Å². The van der Waals surface area contributed by atoms with Crippen LogP contribution in [0.4, 0.5) is 0 Å². The molecule has 0 spiro atoms. The second kappa shape index (κ2) is 7.32. The number of hydrogen-bond donors (Lipinski definition) is 1. The lowest BCUT2D eigenvalue weighted by atomic mass is 10.0. The molecule has 0 unspecified atom stereocenters. The minimum atomic E-state index is -0.0719. The van der Waals surface area contributed by atoms with Crippen molar-refractivity contribution >= 4 is 16.7 Å². The minimum absolute atomic E-state index is 0.0719. The van der Waals surface area contributed by atoms with Gasteiger partial charge in [-0.3, -0.25) is 9.69 Å². The van der Waals surface area contributed by atoms with Crippen molar-refractivity contribution < 1.29 is 19.1 Å². The van der Waals surface area contributed by atoms with Crippen molar-refractivity contribution in [3.8, 4) is 11.5 Å². The Hall–Kier alpha value is -2.99. The van der Waals surface area contributed by atoms with Gasteiger partial charge in [0.2, 0.25) is 0 Å². The van der Waals surface area contributed by atoms with Gasteiger partial charge in [0.25, 0.3) is 5.91 Å². The number of ether oxygens (including phenoxy) is 1. The number of piperazine rings is 1. The van der Waals surface area contributed by atoms with Gasteiger partial charge in [-0.25, -0.2) is 0 Å². The molecule has 2 heterocycles. The van der Waals surface area contributed by atoms with E-state index < -0.39 is 0 Å². The van der Waals surface area contributed by atoms with Crippen LogP contribution in [0.2, 0.25) is 0 Å². The zero-order valence-corrected chi connectivity index (χ0v) is 15.2. The number of hydrogen-bond acceptors (Lipinski definition) is 5. The van der Waals surface area contributed by atoms with Crippen molar-refractivity contribution in [3.05, 3.63) is 60.1 Å². The number of carbonyl (C=O) groups is 1. The van der Waals surface area contributed by atoms with Crippen molar-refractivity contribution in [3.63, 3.8) is 0 Å². The number of phenolic OH excluding ortho intramolecular Hbond substituents is 1. The normalized spacial score (nSPS) is 15.2. The van der Waals surface area contributed by atoms with Crippen LogP contribution in [0.3, 0.4) is 0 Å². The average Bonchev–Trinajstić information content (AvgIpc) is 3.24. The van der Waals surface area contributed by atoms with E-state index in [9.17, 15) is 9.90 Å². The Labute approximate surface area is 157 Å². The molecule has 140 valence electrons. The maximum atomic E-state index is 12.4. The molecule has 1 aliphatic heterocycles. The molecule has 1 aromatic heterocycles. The van der Waals surface area contributed by atoms with Gasteiger partial charge in [0.15, 0.2) is 5.76 Å². The predicted octanol–water partition coefficient (Wildman–Crippen LogP) is 3.11. The summed E-state index contributed by atoms with van der Waals surface area (Å²) in [6, 6.07) is 12.9. The van der Waals surface area contributed by atoms with Gasteiger partial charge in [0.05, 0.1) is 13.4 Å². The van der Waals surface area contributed by atoms with Crippen molar-refractivity contribution in [1.82, 2.24) is 9.80 Å². The molecule has 1 N–H and O–H groups in total. The van der Waals surface area contributed by atoms with E-state index in [1.807, 2.05) is 24.3 Å². The first-order valence-corrected chi connectivity index (χ1v) is 8.99. The molecule has 2 aromatic carbocycles. The molecule has 6 heteroatoms. The molecule has 0 atom stereocenters. The van der Waals surface area contributed by atoms with Crippen molar-refractivity contribution in [1.29, 1.82) is 0 Å².